The van der Waals surface area contributed by atoms with Crippen LogP contribution in [0.25, 0.3) is 10.8 Å². The number of benzene rings is 2. The van der Waals surface area contributed by atoms with Crippen molar-refractivity contribution in [3.63, 3.8) is 0 Å². The molecule has 28 heavy (non-hydrogen) atoms. The number of hydrogen-bond donors (Lipinski definition) is 0. The molecule has 0 saturated carbocycles. The van der Waals surface area contributed by atoms with Gasteiger partial charge in [0, 0.05) is 18.5 Å². The van der Waals surface area contributed by atoms with Crippen LogP contribution in [0.15, 0.2) is 87.6 Å². The minimum atomic E-state index is -0.613. The lowest BCUT2D eigenvalue weighted by atomic mass is 10.1. The summed E-state index contributed by atoms with van der Waals surface area (Å²) in [5.41, 5.74) is -0.0658. The number of fused-ring (bicyclic) bond motifs is 1. The number of thioether (sulfide) groups is 1. The molecule has 0 amide bonds. The summed E-state index contributed by atoms with van der Waals surface area (Å²) >= 11 is 1.34. The lowest BCUT2D eigenvalue weighted by Gasteiger charge is -2.05. The van der Waals surface area contributed by atoms with E-state index in [0.29, 0.717) is 22.2 Å². The van der Waals surface area contributed by atoms with Crippen molar-refractivity contribution in [2.45, 2.75) is 10.9 Å². The zero-order chi connectivity index (χ0) is 19.3. The molecule has 7 heteroatoms. The molecule has 0 saturated heterocycles. The highest BCUT2D eigenvalue weighted by atomic mass is 32.2. The number of aromatic nitrogens is 2. The second-order valence-electron chi connectivity index (χ2n) is 5.85. The van der Waals surface area contributed by atoms with Crippen molar-refractivity contribution in [1.82, 2.24) is 9.97 Å². The van der Waals surface area contributed by atoms with Crippen molar-refractivity contribution in [3.8, 4) is 5.75 Å². The molecule has 4 rings (SSSR count). The molecule has 6 nitrogen and oxygen atoms in total. The van der Waals surface area contributed by atoms with Crippen LogP contribution in [0.5, 0.6) is 5.75 Å². The zero-order valence-corrected chi connectivity index (χ0v) is 15.4. The van der Waals surface area contributed by atoms with Crippen molar-refractivity contribution in [3.05, 3.63) is 94.8 Å². The standard InChI is InChI=1S/C21H14N2O4S/c24-18-11-17(13-28-21-22-8-3-9-23-21)26-12-19(18)27-20(25)16-7-6-14-4-1-2-5-15(14)10-16/h1-12H,13H2. The topological polar surface area (TPSA) is 82.3 Å². The maximum atomic E-state index is 12.4. The molecule has 0 aliphatic heterocycles. The van der Waals surface area contributed by atoms with E-state index < -0.39 is 11.4 Å². The second kappa shape index (κ2) is 8.06. The van der Waals surface area contributed by atoms with Crippen molar-refractivity contribution in [1.29, 1.82) is 0 Å². The number of carbonyl (C=O) groups excluding carboxylic acids is 1. The van der Waals surface area contributed by atoms with Crippen LogP contribution in [-0.4, -0.2) is 15.9 Å². The summed E-state index contributed by atoms with van der Waals surface area (Å²) in [6, 6.07) is 15.9. The van der Waals surface area contributed by atoms with Crippen LogP contribution in [-0.2, 0) is 5.75 Å². The Kier molecular flexibility index (Phi) is 5.16. The number of ether oxygens (including phenoxy) is 1. The van der Waals surface area contributed by atoms with Gasteiger partial charge in [-0.05, 0) is 29.0 Å². The van der Waals surface area contributed by atoms with Gasteiger partial charge >= 0.3 is 5.97 Å². The van der Waals surface area contributed by atoms with E-state index in [1.54, 1.807) is 30.6 Å². The van der Waals surface area contributed by atoms with E-state index >= 15 is 0 Å². The van der Waals surface area contributed by atoms with Gasteiger partial charge in [-0.25, -0.2) is 14.8 Å². The Morgan fingerprint density at radius 3 is 2.57 bits per heavy atom. The van der Waals surface area contributed by atoms with E-state index in [1.165, 1.54) is 17.8 Å². The molecule has 0 unspecified atom stereocenters. The smallest absolute Gasteiger partial charge is 0.343 e. The Balaban J connectivity index is 1.46. The highest BCUT2D eigenvalue weighted by Crippen LogP contribution is 2.20. The van der Waals surface area contributed by atoms with Gasteiger partial charge in [0.25, 0.3) is 0 Å². The summed E-state index contributed by atoms with van der Waals surface area (Å²) in [7, 11) is 0. The van der Waals surface area contributed by atoms with Gasteiger partial charge in [0.05, 0.1) is 11.3 Å². The lowest BCUT2D eigenvalue weighted by Crippen LogP contribution is -2.14. The van der Waals surface area contributed by atoms with Crippen LogP contribution >= 0.6 is 11.8 Å². The average molecular weight is 390 g/mol. The Bertz CT molecular complexity index is 1190. The molecule has 0 aliphatic carbocycles. The number of nitrogens with zero attached hydrogens (tertiary/aromatic N) is 2. The summed E-state index contributed by atoms with van der Waals surface area (Å²) in [6.07, 6.45) is 4.44. The van der Waals surface area contributed by atoms with E-state index in [0.717, 1.165) is 17.0 Å². The molecule has 2 heterocycles. The molecule has 0 N–H and O–H groups in total. The molecule has 2 aromatic heterocycles. The van der Waals surface area contributed by atoms with Crippen molar-refractivity contribution in [2.75, 3.05) is 0 Å². The van der Waals surface area contributed by atoms with Gasteiger partial charge in [0.15, 0.2) is 5.16 Å². The molecule has 0 aliphatic rings. The molecule has 2 aromatic carbocycles. The lowest BCUT2D eigenvalue weighted by molar-refractivity contribution is 0.0729. The number of hydrogen-bond acceptors (Lipinski definition) is 7. The van der Waals surface area contributed by atoms with Crippen LogP contribution in [0.1, 0.15) is 16.1 Å². The van der Waals surface area contributed by atoms with Gasteiger partial charge in [-0.1, -0.05) is 42.1 Å². The van der Waals surface area contributed by atoms with Crippen LogP contribution in [0, 0.1) is 0 Å². The van der Waals surface area contributed by atoms with Crippen LogP contribution < -0.4 is 10.2 Å². The largest absolute Gasteiger partial charge is 0.464 e. The van der Waals surface area contributed by atoms with E-state index in [2.05, 4.69) is 9.97 Å². The molecular formula is C21H14N2O4S. The summed E-state index contributed by atoms with van der Waals surface area (Å²) in [5, 5.41) is 2.51. The molecule has 0 bridgehead atoms. The van der Waals surface area contributed by atoms with Crippen molar-refractivity contribution < 1.29 is 13.9 Å². The third-order valence-corrected chi connectivity index (χ3v) is 4.82. The normalized spacial score (nSPS) is 10.7. The summed E-state index contributed by atoms with van der Waals surface area (Å²) < 4.78 is 10.6. The minimum absolute atomic E-state index is 0.150. The average Bonchev–Trinajstić information content (AvgIpc) is 2.74. The fourth-order valence-electron chi connectivity index (χ4n) is 2.56. The maximum absolute atomic E-state index is 12.4. The molecular weight excluding hydrogens is 376 g/mol. The number of esters is 1. The minimum Gasteiger partial charge on any atom is -0.464 e. The summed E-state index contributed by atoms with van der Waals surface area (Å²) in [5.74, 6) is 0.0618. The Hall–Kier alpha value is -3.45. The predicted molar refractivity (Wildman–Crippen MR) is 105 cm³/mol. The van der Waals surface area contributed by atoms with Crippen LogP contribution in [0.4, 0.5) is 0 Å². The van der Waals surface area contributed by atoms with E-state index in [9.17, 15) is 9.59 Å². The molecule has 4 aromatic rings. The van der Waals surface area contributed by atoms with Gasteiger partial charge in [0.2, 0.25) is 11.2 Å². The predicted octanol–water partition coefficient (Wildman–Crippen LogP) is 4.09. The fourth-order valence-corrected chi connectivity index (χ4v) is 3.25. The maximum Gasteiger partial charge on any atom is 0.343 e. The van der Waals surface area contributed by atoms with E-state index in [1.807, 2.05) is 30.3 Å². The summed E-state index contributed by atoms with van der Waals surface area (Å²) in [4.78, 5) is 32.8. The molecule has 0 fully saturated rings. The highest BCUT2D eigenvalue weighted by molar-refractivity contribution is 7.98. The van der Waals surface area contributed by atoms with Gasteiger partial charge in [-0.15, -0.1) is 0 Å². The molecule has 138 valence electrons. The number of rotatable bonds is 5. The summed E-state index contributed by atoms with van der Waals surface area (Å²) in [6.45, 7) is 0. The van der Waals surface area contributed by atoms with Gasteiger partial charge in [0.1, 0.15) is 12.0 Å². The second-order valence-corrected chi connectivity index (χ2v) is 6.79. The SMILES string of the molecule is O=C(Oc1coc(CSc2ncccn2)cc1=O)c1ccc2ccccc2c1. The van der Waals surface area contributed by atoms with E-state index in [-0.39, 0.29) is 5.75 Å². The molecule has 0 spiro atoms. The van der Waals surface area contributed by atoms with E-state index in [4.69, 9.17) is 9.15 Å². The first kappa shape index (κ1) is 17.9. The quantitative estimate of drug-likeness (QED) is 0.288. The van der Waals surface area contributed by atoms with Crippen molar-refractivity contribution in [2.24, 2.45) is 0 Å². The monoisotopic (exact) mass is 390 g/mol. The van der Waals surface area contributed by atoms with Gasteiger partial charge < -0.3 is 9.15 Å². The fraction of sp³-hybridized carbons (Fsp3) is 0.0476. The first-order chi connectivity index (χ1) is 13.7. The van der Waals surface area contributed by atoms with Crippen LogP contribution in [0.3, 0.4) is 0 Å². The third kappa shape index (κ3) is 4.10. The first-order valence-electron chi connectivity index (χ1n) is 8.41. The van der Waals surface area contributed by atoms with Gasteiger partial charge in [-0.2, -0.15) is 0 Å². The first-order valence-corrected chi connectivity index (χ1v) is 9.40. The van der Waals surface area contributed by atoms with Crippen LogP contribution in [0.2, 0.25) is 0 Å². The van der Waals surface area contributed by atoms with Gasteiger partial charge in [-0.3, -0.25) is 4.79 Å². The third-order valence-electron chi connectivity index (χ3n) is 3.93. The molecule has 0 atom stereocenters. The Labute approximate surface area is 164 Å². The highest BCUT2D eigenvalue weighted by Gasteiger charge is 2.13. The number of carbonyl (C=O) groups is 1. The van der Waals surface area contributed by atoms with Crippen molar-refractivity contribution >= 4 is 28.5 Å². The zero-order valence-electron chi connectivity index (χ0n) is 14.6. The molecule has 0 radical (unpaired) electrons. The Morgan fingerprint density at radius 2 is 1.79 bits per heavy atom. The Morgan fingerprint density at radius 1 is 1.00 bits per heavy atom.